The molecule has 1 unspecified atom stereocenters. The molecule has 27 heavy (non-hydrogen) atoms. The number of aliphatic hydroxyl groups excluding tert-OH is 1. The molecule has 6 nitrogen and oxygen atoms in total. The third-order valence-electron chi connectivity index (χ3n) is 5.78. The van der Waals surface area contributed by atoms with Crippen LogP contribution < -0.4 is 11.1 Å². The van der Waals surface area contributed by atoms with Crippen LogP contribution in [0.3, 0.4) is 0 Å². The summed E-state index contributed by atoms with van der Waals surface area (Å²) in [6.45, 7) is 0.541. The van der Waals surface area contributed by atoms with E-state index in [0.717, 1.165) is 37.7 Å². The monoisotopic (exact) mass is 373 g/mol. The number of hydrogen-bond acceptors (Lipinski definition) is 4. The number of hydrogen-bond donors (Lipinski definition) is 3. The minimum Gasteiger partial charge on any atom is -0.381 e. The van der Waals surface area contributed by atoms with Gasteiger partial charge in [0.25, 0.3) is 5.91 Å². The van der Waals surface area contributed by atoms with Gasteiger partial charge in [0.05, 0.1) is 12.1 Å². The van der Waals surface area contributed by atoms with E-state index >= 15 is 0 Å². The van der Waals surface area contributed by atoms with Crippen LogP contribution in [-0.2, 0) is 16.0 Å². The maximum atomic E-state index is 12.8. The second kappa shape index (κ2) is 9.33. The van der Waals surface area contributed by atoms with Crippen LogP contribution in [0.2, 0.25) is 0 Å². The highest BCUT2D eigenvalue weighted by Crippen LogP contribution is 2.23. The van der Waals surface area contributed by atoms with Crippen molar-refractivity contribution in [2.75, 3.05) is 6.54 Å². The molecule has 2 aliphatic rings. The van der Waals surface area contributed by atoms with Crippen molar-refractivity contribution in [3.8, 4) is 0 Å². The van der Waals surface area contributed by atoms with Crippen LogP contribution in [0.15, 0.2) is 30.3 Å². The fourth-order valence-corrected chi connectivity index (χ4v) is 4.27. The SMILES string of the molecule is N[C@@H](Cc1ccccc1)C(=O)N1CCC[C@H]1C(O)C(=O)NC1CCCCC1. The molecule has 1 aromatic carbocycles. The lowest BCUT2D eigenvalue weighted by Crippen LogP contribution is -2.55. The Labute approximate surface area is 161 Å². The topological polar surface area (TPSA) is 95.7 Å². The number of nitrogens with two attached hydrogens (primary N) is 1. The lowest BCUT2D eigenvalue weighted by molar-refractivity contribution is -0.140. The number of aliphatic hydroxyl groups is 1. The average molecular weight is 373 g/mol. The molecule has 3 rings (SSSR count). The zero-order chi connectivity index (χ0) is 19.2. The fourth-order valence-electron chi connectivity index (χ4n) is 4.27. The fraction of sp³-hybridized carbons (Fsp3) is 0.619. The van der Waals surface area contributed by atoms with E-state index < -0.39 is 18.2 Å². The first-order valence-corrected chi connectivity index (χ1v) is 10.1. The summed E-state index contributed by atoms with van der Waals surface area (Å²) < 4.78 is 0. The molecule has 0 aromatic heterocycles. The first kappa shape index (κ1) is 19.8. The van der Waals surface area contributed by atoms with E-state index in [1.807, 2.05) is 30.3 Å². The molecule has 148 valence electrons. The van der Waals surface area contributed by atoms with E-state index in [1.54, 1.807) is 4.90 Å². The number of rotatable bonds is 6. The molecule has 3 atom stereocenters. The van der Waals surface area contributed by atoms with Crippen LogP contribution in [0.4, 0.5) is 0 Å². The van der Waals surface area contributed by atoms with Crippen molar-refractivity contribution in [3.63, 3.8) is 0 Å². The lowest BCUT2D eigenvalue weighted by atomic mass is 9.95. The van der Waals surface area contributed by atoms with Gasteiger partial charge in [-0.05, 0) is 37.7 Å². The van der Waals surface area contributed by atoms with Crippen LogP contribution in [0, 0.1) is 0 Å². The van der Waals surface area contributed by atoms with E-state index in [2.05, 4.69) is 5.32 Å². The van der Waals surface area contributed by atoms with Crippen LogP contribution >= 0.6 is 0 Å². The van der Waals surface area contributed by atoms with Crippen LogP contribution in [0.25, 0.3) is 0 Å². The number of carbonyl (C=O) groups is 2. The third-order valence-corrected chi connectivity index (χ3v) is 5.78. The van der Waals surface area contributed by atoms with Gasteiger partial charge in [-0.3, -0.25) is 9.59 Å². The average Bonchev–Trinajstić information content (AvgIpc) is 3.18. The summed E-state index contributed by atoms with van der Waals surface area (Å²) in [6.07, 6.45) is 6.04. The van der Waals surface area contributed by atoms with Crippen molar-refractivity contribution >= 4 is 11.8 Å². The summed E-state index contributed by atoms with van der Waals surface area (Å²) >= 11 is 0. The largest absolute Gasteiger partial charge is 0.381 e. The minimum absolute atomic E-state index is 0.145. The Morgan fingerprint density at radius 3 is 2.52 bits per heavy atom. The van der Waals surface area contributed by atoms with Crippen LogP contribution in [0.5, 0.6) is 0 Å². The smallest absolute Gasteiger partial charge is 0.251 e. The molecule has 1 heterocycles. The Bertz CT molecular complexity index is 631. The first-order chi connectivity index (χ1) is 13.1. The second-order valence-corrected chi connectivity index (χ2v) is 7.83. The van der Waals surface area contributed by atoms with Gasteiger partial charge in [0, 0.05) is 12.6 Å². The summed E-state index contributed by atoms with van der Waals surface area (Å²) in [6, 6.07) is 8.66. The normalized spacial score (nSPS) is 23.0. The van der Waals surface area contributed by atoms with E-state index in [4.69, 9.17) is 5.73 Å². The Hall–Kier alpha value is -1.92. The molecular weight excluding hydrogens is 342 g/mol. The number of likely N-dealkylation sites (tertiary alicyclic amines) is 1. The van der Waals surface area contributed by atoms with Crippen LogP contribution in [0.1, 0.15) is 50.5 Å². The van der Waals surface area contributed by atoms with Crippen molar-refractivity contribution in [2.45, 2.75) is 75.6 Å². The molecule has 0 spiro atoms. The molecule has 0 radical (unpaired) electrons. The van der Waals surface area contributed by atoms with Gasteiger partial charge in [0.2, 0.25) is 5.91 Å². The zero-order valence-electron chi connectivity index (χ0n) is 15.8. The van der Waals surface area contributed by atoms with Crippen molar-refractivity contribution < 1.29 is 14.7 Å². The highest BCUT2D eigenvalue weighted by Gasteiger charge is 2.39. The molecular formula is C21H31N3O3. The Kier molecular flexibility index (Phi) is 6.85. The zero-order valence-corrected chi connectivity index (χ0v) is 15.8. The molecule has 1 saturated carbocycles. The van der Waals surface area contributed by atoms with Gasteiger partial charge in [0.1, 0.15) is 0 Å². The summed E-state index contributed by atoms with van der Waals surface area (Å²) in [5.74, 6) is -0.547. The highest BCUT2D eigenvalue weighted by atomic mass is 16.3. The lowest BCUT2D eigenvalue weighted by Gasteiger charge is -2.31. The Morgan fingerprint density at radius 2 is 1.81 bits per heavy atom. The second-order valence-electron chi connectivity index (χ2n) is 7.83. The number of nitrogens with zero attached hydrogens (tertiary/aromatic N) is 1. The molecule has 1 saturated heterocycles. The third kappa shape index (κ3) is 5.08. The Balaban J connectivity index is 1.58. The van der Waals surface area contributed by atoms with Gasteiger partial charge >= 0.3 is 0 Å². The predicted octanol–water partition coefficient (Wildman–Crippen LogP) is 1.36. The molecule has 1 aromatic rings. The van der Waals surface area contributed by atoms with E-state index in [0.29, 0.717) is 19.4 Å². The maximum Gasteiger partial charge on any atom is 0.251 e. The van der Waals surface area contributed by atoms with Crippen molar-refractivity contribution in [1.82, 2.24) is 10.2 Å². The van der Waals surface area contributed by atoms with Gasteiger partial charge in [0.15, 0.2) is 6.10 Å². The standard InChI is InChI=1S/C21H31N3O3/c22-17(14-15-8-3-1-4-9-15)21(27)24-13-7-12-18(24)19(25)20(26)23-16-10-5-2-6-11-16/h1,3-4,8-9,16-19,25H,2,5-7,10-14,22H2,(H,23,26)/t17-,18-,19?/m0/s1. The molecule has 0 bridgehead atoms. The van der Waals surface area contributed by atoms with Crippen molar-refractivity contribution in [3.05, 3.63) is 35.9 Å². The van der Waals surface area contributed by atoms with E-state index in [9.17, 15) is 14.7 Å². The van der Waals surface area contributed by atoms with Gasteiger partial charge in [-0.15, -0.1) is 0 Å². The summed E-state index contributed by atoms with van der Waals surface area (Å²) in [4.78, 5) is 26.9. The summed E-state index contributed by atoms with van der Waals surface area (Å²) in [5.41, 5.74) is 7.15. The predicted molar refractivity (Wildman–Crippen MR) is 104 cm³/mol. The van der Waals surface area contributed by atoms with Gasteiger partial charge < -0.3 is 21.1 Å². The van der Waals surface area contributed by atoms with Crippen molar-refractivity contribution in [1.29, 1.82) is 0 Å². The molecule has 6 heteroatoms. The maximum absolute atomic E-state index is 12.8. The summed E-state index contributed by atoms with van der Waals surface area (Å²) in [5, 5.41) is 13.6. The van der Waals surface area contributed by atoms with Crippen LogP contribution in [-0.4, -0.2) is 52.6 Å². The molecule has 4 N–H and O–H groups in total. The molecule has 1 aliphatic heterocycles. The Morgan fingerprint density at radius 1 is 1.11 bits per heavy atom. The number of amides is 2. The molecule has 1 aliphatic carbocycles. The number of benzene rings is 1. The van der Waals surface area contributed by atoms with E-state index in [1.165, 1.54) is 6.42 Å². The first-order valence-electron chi connectivity index (χ1n) is 10.1. The van der Waals surface area contributed by atoms with Crippen molar-refractivity contribution in [2.24, 2.45) is 5.73 Å². The quantitative estimate of drug-likeness (QED) is 0.701. The van der Waals surface area contributed by atoms with Gasteiger partial charge in [-0.2, -0.15) is 0 Å². The number of nitrogens with one attached hydrogen (secondary N) is 1. The van der Waals surface area contributed by atoms with Gasteiger partial charge in [-0.1, -0.05) is 49.6 Å². The highest BCUT2D eigenvalue weighted by molar-refractivity contribution is 5.85. The minimum atomic E-state index is -1.19. The molecule has 2 amide bonds. The van der Waals surface area contributed by atoms with Gasteiger partial charge in [-0.25, -0.2) is 0 Å². The van der Waals surface area contributed by atoms with E-state index in [-0.39, 0.29) is 17.9 Å². The summed E-state index contributed by atoms with van der Waals surface area (Å²) in [7, 11) is 0. The number of carbonyl (C=O) groups excluding carboxylic acids is 2. The molecule has 2 fully saturated rings.